The molecule has 1 aromatic rings. The molecule has 4 nitrogen and oxygen atoms in total. The fourth-order valence-electron chi connectivity index (χ4n) is 1.61. The summed E-state index contributed by atoms with van der Waals surface area (Å²) in [5.41, 5.74) is 14.2. The summed E-state index contributed by atoms with van der Waals surface area (Å²) in [6.45, 7) is 0. The number of hydrogen-bond acceptors (Lipinski definition) is 3. The van der Waals surface area contributed by atoms with Crippen LogP contribution in [0.4, 0.5) is 5.69 Å². The Morgan fingerprint density at radius 2 is 1.76 bits per heavy atom. The maximum Gasteiger partial charge on any atom is 0.255 e. The molecule has 1 amide bonds. The lowest BCUT2D eigenvalue weighted by atomic mass is 10.1. The lowest BCUT2D eigenvalue weighted by Crippen LogP contribution is -2.24. The Labute approximate surface area is 100.0 Å². The molecule has 1 aliphatic carbocycles. The van der Waals surface area contributed by atoms with Crippen molar-refractivity contribution in [1.82, 2.24) is 5.32 Å². The van der Waals surface area contributed by atoms with Gasteiger partial charge in [0.15, 0.2) is 0 Å². The number of carbonyl (C=O) groups is 1. The van der Waals surface area contributed by atoms with Crippen LogP contribution < -0.4 is 16.8 Å². The second-order valence-electron chi connectivity index (χ2n) is 4.01. The van der Waals surface area contributed by atoms with E-state index in [1.807, 2.05) is 12.2 Å². The van der Waals surface area contributed by atoms with Gasteiger partial charge in [-0.2, -0.15) is 0 Å². The quantitative estimate of drug-likeness (QED) is 0.672. The van der Waals surface area contributed by atoms with Crippen molar-refractivity contribution < 1.29 is 4.79 Å². The molecule has 0 radical (unpaired) electrons. The van der Waals surface area contributed by atoms with Crippen molar-refractivity contribution in [3.63, 3.8) is 0 Å². The summed E-state index contributed by atoms with van der Waals surface area (Å²) in [6.07, 6.45) is 5.22. The van der Waals surface area contributed by atoms with Crippen molar-refractivity contribution in [2.45, 2.75) is 12.8 Å². The number of rotatable bonds is 2. The standard InChI is InChI=1S/C13H15N3O/c14-10-3-1-9(2-4-10)13(17)16-12-7-5-11(15)6-8-12/h1-5,7H,6,8,14-15H2,(H,16,17). The van der Waals surface area contributed by atoms with Crippen molar-refractivity contribution in [3.8, 4) is 0 Å². The van der Waals surface area contributed by atoms with Crippen LogP contribution in [0.25, 0.3) is 0 Å². The first kappa shape index (κ1) is 11.3. The molecule has 0 unspecified atom stereocenters. The van der Waals surface area contributed by atoms with E-state index in [2.05, 4.69) is 5.32 Å². The van der Waals surface area contributed by atoms with E-state index in [4.69, 9.17) is 11.5 Å². The Bertz CT molecular complexity index is 486. The molecule has 0 atom stereocenters. The average Bonchev–Trinajstić information content (AvgIpc) is 2.33. The third kappa shape index (κ3) is 2.87. The predicted octanol–water partition coefficient (Wildman–Crippen LogP) is 1.52. The van der Waals surface area contributed by atoms with Crippen LogP contribution in [0.5, 0.6) is 0 Å². The van der Waals surface area contributed by atoms with Gasteiger partial charge in [-0.05, 0) is 49.3 Å². The smallest absolute Gasteiger partial charge is 0.255 e. The van der Waals surface area contributed by atoms with E-state index < -0.39 is 0 Å². The summed E-state index contributed by atoms with van der Waals surface area (Å²) in [4.78, 5) is 11.9. The van der Waals surface area contributed by atoms with Crippen LogP contribution in [0.2, 0.25) is 0 Å². The molecule has 4 heteroatoms. The number of nitrogens with two attached hydrogens (primary N) is 2. The second-order valence-corrected chi connectivity index (χ2v) is 4.01. The number of benzene rings is 1. The highest BCUT2D eigenvalue weighted by Crippen LogP contribution is 2.13. The minimum atomic E-state index is -0.120. The highest BCUT2D eigenvalue weighted by molar-refractivity contribution is 5.95. The number of nitrogens with one attached hydrogen (secondary N) is 1. The van der Waals surface area contributed by atoms with Gasteiger partial charge in [-0.15, -0.1) is 0 Å². The Morgan fingerprint density at radius 3 is 2.35 bits per heavy atom. The summed E-state index contributed by atoms with van der Waals surface area (Å²) in [5, 5.41) is 2.86. The number of anilines is 1. The fourth-order valence-corrected chi connectivity index (χ4v) is 1.61. The van der Waals surface area contributed by atoms with Crippen LogP contribution in [0.3, 0.4) is 0 Å². The lowest BCUT2D eigenvalue weighted by molar-refractivity contribution is 0.0964. The van der Waals surface area contributed by atoms with Crippen molar-refractivity contribution >= 4 is 11.6 Å². The molecule has 0 bridgehead atoms. The van der Waals surface area contributed by atoms with E-state index in [1.54, 1.807) is 24.3 Å². The monoisotopic (exact) mass is 229 g/mol. The molecule has 1 aromatic carbocycles. The van der Waals surface area contributed by atoms with Gasteiger partial charge in [-0.1, -0.05) is 0 Å². The van der Waals surface area contributed by atoms with E-state index in [0.717, 1.165) is 24.2 Å². The maximum absolute atomic E-state index is 11.9. The Balaban J connectivity index is 2.05. The van der Waals surface area contributed by atoms with Gasteiger partial charge in [-0.3, -0.25) is 4.79 Å². The van der Waals surface area contributed by atoms with Crippen molar-refractivity contribution in [1.29, 1.82) is 0 Å². The van der Waals surface area contributed by atoms with Gasteiger partial charge >= 0.3 is 0 Å². The SMILES string of the molecule is NC1=CC=C(NC(=O)c2ccc(N)cc2)CC1. The first-order valence-electron chi connectivity index (χ1n) is 5.47. The zero-order chi connectivity index (χ0) is 12.3. The second kappa shape index (κ2) is 4.74. The van der Waals surface area contributed by atoms with Gasteiger partial charge < -0.3 is 16.8 Å². The molecular weight excluding hydrogens is 214 g/mol. The summed E-state index contributed by atoms with van der Waals surface area (Å²) < 4.78 is 0. The minimum absolute atomic E-state index is 0.120. The van der Waals surface area contributed by atoms with Crippen molar-refractivity contribution in [2.75, 3.05) is 5.73 Å². The summed E-state index contributed by atoms with van der Waals surface area (Å²) in [7, 11) is 0. The first-order chi connectivity index (χ1) is 8.15. The number of allylic oxidation sites excluding steroid dienone is 4. The summed E-state index contributed by atoms with van der Waals surface area (Å²) in [5.74, 6) is -0.120. The predicted molar refractivity (Wildman–Crippen MR) is 67.9 cm³/mol. The van der Waals surface area contributed by atoms with E-state index in [1.165, 1.54) is 0 Å². The molecule has 0 saturated carbocycles. The Kier molecular flexibility index (Phi) is 3.14. The molecule has 0 saturated heterocycles. The van der Waals surface area contributed by atoms with E-state index >= 15 is 0 Å². The van der Waals surface area contributed by atoms with Crippen LogP contribution in [-0.2, 0) is 0 Å². The molecule has 0 aliphatic heterocycles. The molecule has 0 fully saturated rings. The van der Waals surface area contributed by atoms with Gasteiger partial charge in [0.2, 0.25) is 0 Å². The van der Waals surface area contributed by atoms with E-state index in [0.29, 0.717) is 11.3 Å². The number of hydrogen-bond donors (Lipinski definition) is 3. The maximum atomic E-state index is 11.9. The highest BCUT2D eigenvalue weighted by atomic mass is 16.1. The van der Waals surface area contributed by atoms with Gasteiger partial charge in [0.25, 0.3) is 5.91 Å². The zero-order valence-electron chi connectivity index (χ0n) is 9.44. The van der Waals surface area contributed by atoms with Gasteiger partial charge in [0, 0.05) is 22.6 Å². The third-order valence-corrected chi connectivity index (χ3v) is 2.63. The Hall–Kier alpha value is -2.23. The average molecular weight is 229 g/mol. The zero-order valence-corrected chi connectivity index (χ0v) is 9.44. The molecule has 0 spiro atoms. The van der Waals surface area contributed by atoms with Crippen LogP contribution in [0.15, 0.2) is 47.8 Å². The molecule has 17 heavy (non-hydrogen) atoms. The topological polar surface area (TPSA) is 81.1 Å². The van der Waals surface area contributed by atoms with E-state index in [9.17, 15) is 4.79 Å². The lowest BCUT2D eigenvalue weighted by Gasteiger charge is -2.13. The molecule has 0 heterocycles. The van der Waals surface area contributed by atoms with Gasteiger partial charge in [0.05, 0.1) is 0 Å². The molecule has 1 aliphatic rings. The van der Waals surface area contributed by atoms with Gasteiger partial charge in [-0.25, -0.2) is 0 Å². The molecule has 88 valence electrons. The molecular formula is C13H15N3O. The Morgan fingerprint density at radius 1 is 1.06 bits per heavy atom. The fraction of sp³-hybridized carbons (Fsp3) is 0.154. The number of amides is 1. The summed E-state index contributed by atoms with van der Waals surface area (Å²) in [6, 6.07) is 6.83. The highest BCUT2D eigenvalue weighted by Gasteiger charge is 2.09. The molecule has 0 aromatic heterocycles. The molecule has 5 N–H and O–H groups in total. The van der Waals surface area contributed by atoms with Crippen molar-refractivity contribution in [2.24, 2.45) is 5.73 Å². The molecule has 2 rings (SSSR count). The minimum Gasteiger partial charge on any atom is -0.402 e. The number of nitrogen functional groups attached to an aromatic ring is 1. The first-order valence-corrected chi connectivity index (χ1v) is 5.47. The van der Waals surface area contributed by atoms with Crippen molar-refractivity contribution in [3.05, 3.63) is 53.4 Å². The summed E-state index contributed by atoms with van der Waals surface area (Å²) >= 11 is 0. The number of carbonyl (C=O) groups excluding carboxylic acids is 1. The van der Waals surface area contributed by atoms with Crippen LogP contribution >= 0.6 is 0 Å². The van der Waals surface area contributed by atoms with Gasteiger partial charge in [0.1, 0.15) is 0 Å². The third-order valence-electron chi connectivity index (χ3n) is 2.63. The largest absolute Gasteiger partial charge is 0.402 e. The normalized spacial score (nSPS) is 14.8. The van der Waals surface area contributed by atoms with Crippen LogP contribution in [0.1, 0.15) is 23.2 Å². The van der Waals surface area contributed by atoms with Crippen LogP contribution in [0, 0.1) is 0 Å². The van der Waals surface area contributed by atoms with Crippen LogP contribution in [-0.4, -0.2) is 5.91 Å². The van der Waals surface area contributed by atoms with E-state index in [-0.39, 0.29) is 5.91 Å².